The predicted molar refractivity (Wildman–Crippen MR) is 54.8 cm³/mol. The summed E-state index contributed by atoms with van der Waals surface area (Å²) in [5, 5.41) is 3.13. The number of nitrogens with one attached hydrogen (secondary N) is 1. The highest BCUT2D eigenvalue weighted by atomic mass is 16.5. The molecule has 0 saturated heterocycles. The summed E-state index contributed by atoms with van der Waals surface area (Å²) in [6, 6.07) is 5.76. The van der Waals surface area contributed by atoms with Gasteiger partial charge in [0.25, 0.3) is 0 Å². The Labute approximate surface area is 83.1 Å². The van der Waals surface area contributed by atoms with E-state index < -0.39 is 0 Å². The van der Waals surface area contributed by atoms with Crippen molar-refractivity contribution in [3.8, 4) is 5.75 Å². The van der Waals surface area contributed by atoms with E-state index in [0.29, 0.717) is 6.61 Å². The second kappa shape index (κ2) is 3.70. The van der Waals surface area contributed by atoms with E-state index in [1.54, 1.807) is 0 Å². The third-order valence-electron chi connectivity index (χ3n) is 2.36. The number of carbonyl (C=O) groups excluding carboxylic acids is 1. The van der Waals surface area contributed by atoms with E-state index in [0.717, 1.165) is 29.7 Å². The summed E-state index contributed by atoms with van der Waals surface area (Å²) in [5.74, 6) is 0.891. The fourth-order valence-electron chi connectivity index (χ4n) is 1.75. The molecule has 1 atom stereocenters. The number of hydrogen-bond acceptors (Lipinski definition) is 3. The second-order valence-electron chi connectivity index (χ2n) is 3.31. The minimum atomic E-state index is -0.0911. The van der Waals surface area contributed by atoms with Crippen LogP contribution >= 0.6 is 0 Å². The number of fused-ring (bicyclic) bond motifs is 1. The SMILES string of the molecule is CCOc1cccc2c1CC(C=O)N2. The van der Waals surface area contributed by atoms with Crippen molar-refractivity contribution in [3.05, 3.63) is 23.8 Å². The van der Waals surface area contributed by atoms with Crippen LogP contribution in [0.3, 0.4) is 0 Å². The molecule has 14 heavy (non-hydrogen) atoms. The Balaban J connectivity index is 2.31. The number of carbonyl (C=O) groups is 1. The van der Waals surface area contributed by atoms with Crippen molar-refractivity contribution in [2.75, 3.05) is 11.9 Å². The number of aldehydes is 1. The highest BCUT2D eigenvalue weighted by molar-refractivity contribution is 5.73. The second-order valence-corrected chi connectivity index (χ2v) is 3.31. The van der Waals surface area contributed by atoms with Gasteiger partial charge in [-0.1, -0.05) is 6.07 Å². The molecule has 1 aliphatic rings. The maximum absolute atomic E-state index is 10.6. The zero-order chi connectivity index (χ0) is 9.97. The average molecular weight is 191 g/mol. The molecule has 0 bridgehead atoms. The normalized spacial score (nSPS) is 18.5. The first kappa shape index (κ1) is 9.06. The molecule has 2 rings (SSSR count). The van der Waals surface area contributed by atoms with Gasteiger partial charge in [-0.25, -0.2) is 0 Å². The maximum atomic E-state index is 10.6. The van der Waals surface area contributed by atoms with E-state index in [9.17, 15) is 4.79 Å². The average Bonchev–Trinajstić information content (AvgIpc) is 2.62. The summed E-state index contributed by atoms with van der Waals surface area (Å²) in [6.07, 6.45) is 1.67. The van der Waals surface area contributed by atoms with Gasteiger partial charge in [-0.05, 0) is 19.1 Å². The Bertz CT molecular complexity index is 349. The van der Waals surface area contributed by atoms with Crippen molar-refractivity contribution in [2.45, 2.75) is 19.4 Å². The van der Waals surface area contributed by atoms with Gasteiger partial charge in [0.1, 0.15) is 12.0 Å². The van der Waals surface area contributed by atoms with Gasteiger partial charge in [-0.3, -0.25) is 0 Å². The van der Waals surface area contributed by atoms with Crippen LogP contribution in [0.1, 0.15) is 12.5 Å². The minimum absolute atomic E-state index is 0.0911. The third kappa shape index (κ3) is 1.45. The van der Waals surface area contributed by atoms with Crippen LogP contribution in [0.4, 0.5) is 5.69 Å². The van der Waals surface area contributed by atoms with Crippen molar-refractivity contribution in [1.29, 1.82) is 0 Å². The van der Waals surface area contributed by atoms with Crippen molar-refractivity contribution in [1.82, 2.24) is 0 Å². The lowest BCUT2D eigenvalue weighted by Gasteiger charge is -2.07. The van der Waals surface area contributed by atoms with Gasteiger partial charge < -0.3 is 14.8 Å². The van der Waals surface area contributed by atoms with Gasteiger partial charge in [0.15, 0.2) is 0 Å². The van der Waals surface area contributed by atoms with Crippen LogP contribution in [0.5, 0.6) is 5.75 Å². The van der Waals surface area contributed by atoms with Crippen LogP contribution in [0.25, 0.3) is 0 Å². The molecule has 1 N–H and O–H groups in total. The highest BCUT2D eigenvalue weighted by Gasteiger charge is 2.22. The van der Waals surface area contributed by atoms with E-state index in [4.69, 9.17) is 4.74 Å². The van der Waals surface area contributed by atoms with Gasteiger partial charge >= 0.3 is 0 Å². The molecule has 0 aliphatic carbocycles. The summed E-state index contributed by atoms with van der Waals surface area (Å²) >= 11 is 0. The summed E-state index contributed by atoms with van der Waals surface area (Å²) in [7, 11) is 0. The van der Waals surface area contributed by atoms with E-state index in [1.807, 2.05) is 25.1 Å². The maximum Gasteiger partial charge on any atom is 0.142 e. The Morgan fingerprint density at radius 1 is 1.64 bits per heavy atom. The lowest BCUT2D eigenvalue weighted by Crippen LogP contribution is -2.16. The van der Waals surface area contributed by atoms with Gasteiger partial charge in [0.2, 0.25) is 0 Å². The number of hydrogen-bond donors (Lipinski definition) is 1. The van der Waals surface area contributed by atoms with E-state index >= 15 is 0 Å². The van der Waals surface area contributed by atoms with Gasteiger partial charge in [-0.15, -0.1) is 0 Å². The Morgan fingerprint density at radius 2 is 2.50 bits per heavy atom. The molecule has 0 amide bonds. The standard InChI is InChI=1S/C11H13NO2/c1-2-14-11-5-3-4-10-9(11)6-8(7-13)12-10/h3-5,7-8,12H,2,6H2,1H3. The molecule has 1 aromatic rings. The fraction of sp³-hybridized carbons (Fsp3) is 0.364. The molecule has 74 valence electrons. The molecule has 0 spiro atoms. The first-order chi connectivity index (χ1) is 6.85. The summed E-state index contributed by atoms with van der Waals surface area (Å²) < 4.78 is 5.49. The molecule has 3 nitrogen and oxygen atoms in total. The molecular formula is C11H13NO2. The first-order valence-corrected chi connectivity index (χ1v) is 4.81. The summed E-state index contributed by atoms with van der Waals surface area (Å²) in [6.45, 7) is 2.61. The monoisotopic (exact) mass is 191 g/mol. The quantitative estimate of drug-likeness (QED) is 0.738. The smallest absolute Gasteiger partial charge is 0.142 e. The molecule has 0 aromatic heterocycles. The van der Waals surface area contributed by atoms with Crippen LogP contribution in [-0.2, 0) is 11.2 Å². The highest BCUT2D eigenvalue weighted by Crippen LogP contribution is 2.32. The molecular weight excluding hydrogens is 178 g/mol. The topological polar surface area (TPSA) is 38.3 Å². The van der Waals surface area contributed by atoms with Crippen LogP contribution in [0, 0.1) is 0 Å². The van der Waals surface area contributed by atoms with Gasteiger partial charge in [0.05, 0.1) is 12.6 Å². The molecule has 0 saturated carbocycles. The van der Waals surface area contributed by atoms with Crippen molar-refractivity contribution < 1.29 is 9.53 Å². The van der Waals surface area contributed by atoms with Crippen molar-refractivity contribution in [2.24, 2.45) is 0 Å². The molecule has 0 radical (unpaired) electrons. The number of benzene rings is 1. The zero-order valence-corrected chi connectivity index (χ0v) is 8.12. The Kier molecular flexibility index (Phi) is 2.39. The fourth-order valence-corrected chi connectivity index (χ4v) is 1.75. The lowest BCUT2D eigenvalue weighted by atomic mass is 10.1. The Hall–Kier alpha value is -1.51. The summed E-state index contributed by atoms with van der Waals surface area (Å²) in [4.78, 5) is 10.6. The molecule has 0 fully saturated rings. The predicted octanol–water partition coefficient (Wildman–Crippen LogP) is 1.62. The number of anilines is 1. The molecule has 1 aromatic carbocycles. The zero-order valence-electron chi connectivity index (χ0n) is 8.12. The van der Waals surface area contributed by atoms with Gasteiger partial charge in [0, 0.05) is 17.7 Å². The van der Waals surface area contributed by atoms with Crippen LogP contribution in [-0.4, -0.2) is 18.9 Å². The van der Waals surface area contributed by atoms with Crippen LogP contribution in [0.2, 0.25) is 0 Å². The molecule has 3 heteroatoms. The molecule has 1 aliphatic heterocycles. The van der Waals surface area contributed by atoms with Crippen molar-refractivity contribution in [3.63, 3.8) is 0 Å². The molecule has 1 heterocycles. The van der Waals surface area contributed by atoms with Crippen LogP contribution < -0.4 is 10.1 Å². The first-order valence-electron chi connectivity index (χ1n) is 4.81. The number of ether oxygens (including phenoxy) is 1. The number of rotatable bonds is 3. The van der Waals surface area contributed by atoms with Crippen molar-refractivity contribution >= 4 is 12.0 Å². The minimum Gasteiger partial charge on any atom is -0.494 e. The Morgan fingerprint density at radius 3 is 3.21 bits per heavy atom. The lowest BCUT2D eigenvalue weighted by molar-refractivity contribution is -0.108. The van der Waals surface area contributed by atoms with E-state index in [1.165, 1.54) is 0 Å². The molecule has 1 unspecified atom stereocenters. The van der Waals surface area contributed by atoms with Gasteiger partial charge in [-0.2, -0.15) is 0 Å². The summed E-state index contributed by atoms with van der Waals surface area (Å²) in [5.41, 5.74) is 2.14. The largest absolute Gasteiger partial charge is 0.494 e. The van der Waals surface area contributed by atoms with Crippen LogP contribution in [0.15, 0.2) is 18.2 Å². The third-order valence-corrected chi connectivity index (χ3v) is 2.36. The van der Waals surface area contributed by atoms with E-state index in [2.05, 4.69) is 5.32 Å². The van der Waals surface area contributed by atoms with E-state index in [-0.39, 0.29) is 6.04 Å².